The monoisotopic (exact) mass is 396 g/mol. The maximum absolute atomic E-state index is 14.1. The van der Waals surface area contributed by atoms with E-state index in [1.807, 2.05) is 36.4 Å². The standard InChI is InChI=1S/C22H21FN2O4/c23-20-8-4-7-19(18(20)11-24)22(27)9-16-13-28-14-17(10-22)25(16)21(26)29-12-15-5-2-1-3-6-15/h1-8,16-17,27H,9-10,12-14H2. The molecule has 2 aromatic carbocycles. The van der Waals surface area contributed by atoms with Crippen molar-refractivity contribution in [1.29, 1.82) is 5.26 Å². The molecule has 2 saturated heterocycles. The van der Waals surface area contributed by atoms with Crippen LogP contribution in [0.2, 0.25) is 0 Å². The summed E-state index contributed by atoms with van der Waals surface area (Å²) in [6, 6.07) is 14.6. The third kappa shape index (κ3) is 3.69. The van der Waals surface area contributed by atoms with Gasteiger partial charge in [0.05, 0.1) is 36.5 Å². The van der Waals surface area contributed by atoms with Crippen molar-refractivity contribution in [3.63, 3.8) is 0 Å². The minimum atomic E-state index is -1.41. The first-order chi connectivity index (χ1) is 14.0. The van der Waals surface area contributed by atoms with Gasteiger partial charge in [-0.05, 0) is 11.6 Å². The van der Waals surface area contributed by atoms with E-state index in [0.717, 1.165) is 5.56 Å². The number of benzene rings is 2. The summed E-state index contributed by atoms with van der Waals surface area (Å²) < 4.78 is 25.2. The minimum Gasteiger partial charge on any atom is -0.445 e. The molecule has 2 heterocycles. The van der Waals surface area contributed by atoms with Gasteiger partial charge in [-0.2, -0.15) is 5.26 Å². The number of morpholine rings is 1. The van der Waals surface area contributed by atoms with Crippen molar-refractivity contribution < 1.29 is 23.8 Å². The van der Waals surface area contributed by atoms with E-state index in [0.29, 0.717) is 0 Å². The van der Waals surface area contributed by atoms with Crippen LogP contribution in [0.4, 0.5) is 9.18 Å². The van der Waals surface area contributed by atoms with Crippen LogP contribution >= 0.6 is 0 Å². The molecule has 2 unspecified atom stereocenters. The van der Waals surface area contributed by atoms with Crippen LogP contribution in [0.15, 0.2) is 48.5 Å². The second kappa shape index (κ2) is 7.82. The van der Waals surface area contributed by atoms with Crippen molar-refractivity contribution in [2.24, 2.45) is 0 Å². The number of aliphatic hydroxyl groups is 1. The molecule has 2 atom stereocenters. The number of rotatable bonds is 3. The lowest BCUT2D eigenvalue weighted by molar-refractivity contribution is -0.137. The lowest BCUT2D eigenvalue weighted by Crippen LogP contribution is -2.62. The Labute approximate surface area is 168 Å². The van der Waals surface area contributed by atoms with Crippen LogP contribution in [0, 0.1) is 17.1 Å². The van der Waals surface area contributed by atoms with E-state index >= 15 is 0 Å². The molecule has 150 valence electrons. The molecule has 0 aliphatic carbocycles. The Balaban J connectivity index is 1.54. The second-order valence-corrected chi connectivity index (χ2v) is 7.51. The molecule has 0 aromatic heterocycles. The Kier molecular flexibility index (Phi) is 5.22. The van der Waals surface area contributed by atoms with Gasteiger partial charge in [0.25, 0.3) is 0 Å². The van der Waals surface area contributed by atoms with Gasteiger partial charge < -0.3 is 14.6 Å². The SMILES string of the molecule is N#Cc1c(F)cccc1C1(O)CC2COCC(C1)N2C(=O)OCc1ccccc1. The smallest absolute Gasteiger partial charge is 0.410 e. The molecule has 2 bridgehead atoms. The van der Waals surface area contributed by atoms with Crippen LogP contribution in [-0.2, 0) is 21.7 Å². The van der Waals surface area contributed by atoms with Crippen LogP contribution in [0.25, 0.3) is 0 Å². The summed E-state index contributed by atoms with van der Waals surface area (Å²) in [4.78, 5) is 14.4. The Hall–Kier alpha value is -2.95. The fourth-order valence-electron chi connectivity index (χ4n) is 4.31. The number of hydrogen-bond acceptors (Lipinski definition) is 5. The van der Waals surface area contributed by atoms with Gasteiger partial charge >= 0.3 is 6.09 Å². The van der Waals surface area contributed by atoms with Crippen molar-refractivity contribution in [3.8, 4) is 6.07 Å². The molecule has 1 N–H and O–H groups in total. The number of ether oxygens (including phenoxy) is 2. The number of carbonyl (C=O) groups excluding carboxylic acids is 1. The molecule has 4 rings (SSSR count). The number of amides is 1. The quantitative estimate of drug-likeness (QED) is 0.862. The summed E-state index contributed by atoms with van der Waals surface area (Å²) in [5, 5.41) is 20.7. The van der Waals surface area contributed by atoms with Crippen molar-refractivity contribution in [3.05, 3.63) is 71.0 Å². The van der Waals surface area contributed by atoms with Crippen molar-refractivity contribution in [1.82, 2.24) is 4.90 Å². The molecule has 2 aromatic rings. The highest BCUT2D eigenvalue weighted by molar-refractivity contribution is 5.69. The topological polar surface area (TPSA) is 82.8 Å². The van der Waals surface area contributed by atoms with Gasteiger partial charge in [-0.3, -0.25) is 4.90 Å². The van der Waals surface area contributed by atoms with Gasteiger partial charge in [-0.25, -0.2) is 9.18 Å². The second-order valence-electron chi connectivity index (χ2n) is 7.51. The molecular formula is C22H21FN2O4. The fourth-order valence-corrected chi connectivity index (χ4v) is 4.31. The third-order valence-corrected chi connectivity index (χ3v) is 5.60. The van der Waals surface area contributed by atoms with Gasteiger partial charge in [0.15, 0.2) is 0 Å². The molecule has 0 saturated carbocycles. The van der Waals surface area contributed by atoms with Crippen LogP contribution in [0.3, 0.4) is 0 Å². The molecule has 29 heavy (non-hydrogen) atoms. The van der Waals surface area contributed by atoms with E-state index in [4.69, 9.17) is 9.47 Å². The Morgan fingerprint density at radius 2 is 1.90 bits per heavy atom. The fraction of sp³-hybridized carbons (Fsp3) is 0.364. The van der Waals surface area contributed by atoms with Crippen molar-refractivity contribution >= 4 is 6.09 Å². The Morgan fingerprint density at radius 1 is 1.21 bits per heavy atom. The molecule has 6 nitrogen and oxygen atoms in total. The minimum absolute atomic E-state index is 0.141. The molecule has 0 radical (unpaired) electrons. The molecule has 0 spiro atoms. The lowest BCUT2D eigenvalue weighted by Gasteiger charge is -2.51. The van der Waals surface area contributed by atoms with Gasteiger partial charge in [0, 0.05) is 18.4 Å². The first-order valence-corrected chi connectivity index (χ1v) is 9.50. The van der Waals surface area contributed by atoms with E-state index in [1.165, 1.54) is 12.1 Å². The average Bonchev–Trinajstić information content (AvgIpc) is 2.72. The van der Waals surface area contributed by atoms with Gasteiger partial charge in [-0.1, -0.05) is 42.5 Å². The average molecular weight is 396 g/mol. The Bertz CT molecular complexity index is 930. The van der Waals surface area contributed by atoms with E-state index in [2.05, 4.69) is 0 Å². The normalized spacial score (nSPS) is 25.9. The highest BCUT2D eigenvalue weighted by atomic mass is 19.1. The zero-order chi connectivity index (χ0) is 20.4. The zero-order valence-corrected chi connectivity index (χ0v) is 15.8. The van der Waals surface area contributed by atoms with Crippen LogP contribution in [0.1, 0.15) is 29.5 Å². The molecule has 2 aliphatic heterocycles. The molecule has 2 fully saturated rings. The first-order valence-electron chi connectivity index (χ1n) is 9.50. The Morgan fingerprint density at radius 3 is 2.55 bits per heavy atom. The summed E-state index contributed by atoms with van der Waals surface area (Å²) in [7, 11) is 0. The molecule has 1 amide bonds. The lowest BCUT2D eigenvalue weighted by atomic mass is 9.75. The highest BCUT2D eigenvalue weighted by Crippen LogP contribution is 2.42. The number of fused-ring (bicyclic) bond motifs is 2. The summed E-state index contributed by atoms with van der Waals surface area (Å²) in [6.45, 7) is 0.649. The van der Waals surface area contributed by atoms with Gasteiger partial charge in [0.2, 0.25) is 0 Å². The zero-order valence-electron chi connectivity index (χ0n) is 15.8. The van der Waals surface area contributed by atoms with Gasteiger partial charge in [-0.15, -0.1) is 0 Å². The van der Waals surface area contributed by atoms with E-state index in [9.17, 15) is 19.6 Å². The number of nitrogens with zero attached hydrogens (tertiary/aromatic N) is 2. The summed E-state index contributed by atoms with van der Waals surface area (Å²) in [6.07, 6.45) is -0.182. The van der Waals surface area contributed by atoms with E-state index < -0.39 is 29.6 Å². The van der Waals surface area contributed by atoms with E-state index in [-0.39, 0.29) is 43.8 Å². The summed E-state index contributed by atoms with van der Waals surface area (Å²) in [5.74, 6) is -0.662. The largest absolute Gasteiger partial charge is 0.445 e. The summed E-state index contributed by atoms with van der Waals surface area (Å²) in [5.41, 5.74) is -0.430. The number of hydrogen-bond donors (Lipinski definition) is 1. The van der Waals surface area contributed by atoms with Crippen molar-refractivity contribution in [2.75, 3.05) is 13.2 Å². The maximum atomic E-state index is 14.1. The first kappa shape index (κ1) is 19.4. The number of carbonyl (C=O) groups is 1. The van der Waals surface area contributed by atoms with Crippen LogP contribution in [-0.4, -0.2) is 41.4 Å². The number of piperidine rings is 1. The van der Waals surface area contributed by atoms with Crippen LogP contribution < -0.4 is 0 Å². The predicted molar refractivity (Wildman–Crippen MR) is 101 cm³/mol. The van der Waals surface area contributed by atoms with E-state index in [1.54, 1.807) is 11.0 Å². The third-order valence-electron chi connectivity index (χ3n) is 5.60. The molecular weight excluding hydrogens is 375 g/mol. The van der Waals surface area contributed by atoms with Crippen molar-refractivity contribution in [2.45, 2.75) is 37.1 Å². The predicted octanol–water partition coefficient (Wildman–Crippen LogP) is 3.08. The van der Waals surface area contributed by atoms with Crippen LogP contribution in [0.5, 0.6) is 0 Å². The molecule has 7 heteroatoms. The number of nitriles is 1. The maximum Gasteiger partial charge on any atom is 0.410 e. The molecule has 2 aliphatic rings. The summed E-state index contributed by atoms with van der Waals surface area (Å²) >= 11 is 0. The highest BCUT2D eigenvalue weighted by Gasteiger charge is 2.50. The van der Waals surface area contributed by atoms with Gasteiger partial charge in [0.1, 0.15) is 18.5 Å². The number of halogens is 1.